The van der Waals surface area contributed by atoms with Crippen LogP contribution in [0.2, 0.25) is 0 Å². The van der Waals surface area contributed by atoms with Gasteiger partial charge in [0.2, 0.25) is 0 Å². The molecule has 0 aromatic carbocycles. The van der Waals surface area contributed by atoms with Gasteiger partial charge in [0.05, 0.1) is 13.2 Å². The molecule has 2 heterocycles. The predicted molar refractivity (Wildman–Crippen MR) is 78.8 cm³/mol. The Hall–Kier alpha value is -0.210. The first-order valence-corrected chi connectivity index (χ1v) is 9.10. The standard InChI is InChI=1S/C13H27N3O3S/c1-2-5-14-20(17,18)16-6-3-13(4-7-16)12-15-8-10-19-11-9-15/h13-14H,2-12H2,1H3. The van der Waals surface area contributed by atoms with Crippen LogP contribution in [0, 0.1) is 5.92 Å². The van der Waals surface area contributed by atoms with Gasteiger partial charge in [0.1, 0.15) is 0 Å². The molecule has 0 atom stereocenters. The molecule has 7 heteroatoms. The van der Waals surface area contributed by atoms with Gasteiger partial charge in [-0.3, -0.25) is 4.90 Å². The lowest BCUT2D eigenvalue weighted by Crippen LogP contribution is -2.47. The normalized spacial score (nSPS) is 24.1. The number of nitrogens with one attached hydrogen (secondary N) is 1. The molecule has 0 radical (unpaired) electrons. The zero-order chi connectivity index (χ0) is 14.4. The number of nitrogens with zero attached hydrogens (tertiary/aromatic N) is 2. The SMILES string of the molecule is CCCNS(=O)(=O)N1CCC(CN2CCOCC2)CC1. The summed E-state index contributed by atoms with van der Waals surface area (Å²) >= 11 is 0. The third kappa shape index (κ3) is 4.66. The molecule has 20 heavy (non-hydrogen) atoms. The third-order valence-electron chi connectivity index (χ3n) is 4.07. The second-order valence-corrected chi connectivity index (χ2v) is 7.41. The molecule has 0 amide bonds. The maximum absolute atomic E-state index is 12.0. The topological polar surface area (TPSA) is 61.9 Å². The van der Waals surface area contributed by atoms with Crippen molar-refractivity contribution in [2.75, 3.05) is 52.5 Å². The van der Waals surface area contributed by atoms with E-state index in [2.05, 4.69) is 9.62 Å². The molecule has 2 aliphatic heterocycles. The van der Waals surface area contributed by atoms with Gasteiger partial charge in [0.15, 0.2) is 0 Å². The number of rotatable bonds is 6. The summed E-state index contributed by atoms with van der Waals surface area (Å²) in [6.45, 7) is 8.55. The number of piperidine rings is 1. The van der Waals surface area contributed by atoms with Gasteiger partial charge in [-0.05, 0) is 25.2 Å². The molecule has 0 aromatic rings. The fraction of sp³-hybridized carbons (Fsp3) is 1.00. The molecule has 6 nitrogen and oxygen atoms in total. The molecular formula is C13H27N3O3S. The number of hydrogen-bond acceptors (Lipinski definition) is 4. The Labute approximate surface area is 122 Å². The number of hydrogen-bond donors (Lipinski definition) is 1. The van der Waals surface area contributed by atoms with Gasteiger partial charge in [0.25, 0.3) is 10.2 Å². The van der Waals surface area contributed by atoms with Crippen molar-refractivity contribution in [3.63, 3.8) is 0 Å². The maximum atomic E-state index is 12.0. The highest BCUT2D eigenvalue weighted by atomic mass is 32.2. The van der Waals surface area contributed by atoms with E-state index in [4.69, 9.17) is 4.74 Å². The lowest BCUT2D eigenvalue weighted by molar-refractivity contribution is 0.0268. The highest BCUT2D eigenvalue weighted by Crippen LogP contribution is 2.20. The van der Waals surface area contributed by atoms with Crippen molar-refractivity contribution in [3.8, 4) is 0 Å². The van der Waals surface area contributed by atoms with Crippen LogP contribution in [0.15, 0.2) is 0 Å². The van der Waals surface area contributed by atoms with E-state index in [0.29, 0.717) is 25.6 Å². The molecule has 0 spiro atoms. The second-order valence-electron chi connectivity index (χ2n) is 5.65. The van der Waals surface area contributed by atoms with E-state index in [9.17, 15) is 8.42 Å². The second kappa shape index (κ2) is 7.70. The summed E-state index contributed by atoms with van der Waals surface area (Å²) in [6.07, 6.45) is 2.75. The van der Waals surface area contributed by atoms with Crippen molar-refractivity contribution in [1.82, 2.24) is 13.9 Å². The summed E-state index contributed by atoms with van der Waals surface area (Å²) in [5.74, 6) is 0.616. The molecule has 0 unspecified atom stereocenters. The quantitative estimate of drug-likeness (QED) is 0.765. The van der Waals surface area contributed by atoms with Crippen LogP contribution in [-0.2, 0) is 14.9 Å². The van der Waals surface area contributed by atoms with Crippen LogP contribution in [0.25, 0.3) is 0 Å². The predicted octanol–water partition coefficient (Wildman–Crippen LogP) is 0.275. The summed E-state index contributed by atoms with van der Waals surface area (Å²) in [5, 5.41) is 0. The van der Waals surface area contributed by atoms with Crippen molar-refractivity contribution in [1.29, 1.82) is 0 Å². The summed E-state index contributed by atoms with van der Waals surface area (Å²) in [6, 6.07) is 0. The Morgan fingerprint density at radius 2 is 1.80 bits per heavy atom. The van der Waals surface area contributed by atoms with Crippen molar-refractivity contribution in [3.05, 3.63) is 0 Å². The monoisotopic (exact) mass is 305 g/mol. The fourth-order valence-corrected chi connectivity index (χ4v) is 4.14. The van der Waals surface area contributed by atoms with Gasteiger partial charge in [-0.1, -0.05) is 6.92 Å². The van der Waals surface area contributed by atoms with E-state index in [1.54, 1.807) is 4.31 Å². The first-order chi connectivity index (χ1) is 9.62. The van der Waals surface area contributed by atoms with Crippen LogP contribution in [-0.4, -0.2) is 70.1 Å². The average molecular weight is 305 g/mol. The van der Waals surface area contributed by atoms with Crippen molar-refractivity contribution in [2.45, 2.75) is 26.2 Å². The third-order valence-corrected chi connectivity index (χ3v) is 5.68. The largest absolute Gasteiger partial charge is 0.379 e. The van der Waals surface area contributed by atoms with Gasteiger partial charge in [0, 0.05) is 39.3 Å². The Kier molecular flexibility index (Phi) is 6.22. The molecular weight excluding hydrogens is 278 g/mol. The molecule has 118 valence electrons. The molecule has 0 saturated carbocycles. The van der Waals surface area contributed by atoms with Crippen LogP contribution >= 0.6 is 0 Å². The summed E-state index contributed by atoms with van der Waals surface area (Å²) in [7, 11) is -3.25. The van der Waals surface area contributed by atoms with Gasteiger partial charge in [-0.25, -0.2) is 4.72 Å². The first kappa shape index (κ1) is 16.2. The summed E-state index contributed by atoms with van der Waals surface area (Å²) < 4.78 is 33.7. The zero-order valence-electron chi connectivity index (χ0n) is 12.4. The van der Waals surface area contributed by atoms with E-state index >= 15 is 0 Å². The minimum absolute atomic E-state index is 0.524. The van der Waals surface area contributed by atoms with Gasteiger partial charge < -0.3 is 4.74 Å². The molecule has 2 fully saturated rings. The number of morpholine rings is 1. The van der Waals surface area contributed by atoms with Crippen LogP contribution < -0.4 is 4.72 Å². The van der Waals surface area contributed by atoms with E-state index < -0.39 is 10.2 Å². The minimum Gasteiger partial charge on any atom is -0.379 e. The van der Waals surface area contributed by atoms with Crippen LogP contribution in [0.5, 0.6) is 0 Å². The molecule has 2 aliphatic rings. The summed E-state index contributed by atoms with van der Waals surface area (Å²) in [5.41, 5.74) is 0. The molecule has 1 N–H and O–H groups in total. The molecule has 0 aliphatic carbocycles. The highest BCUT2D eigenvalue weighted by molar-refractivity contribution is 7.87. The zero-order valence-corrected chi connectivity index (χ0v) is 13.2. The lowest BCUT2D eigenvalue weighted by atomic mass is 9.97. The van der Waals surface area contributed by atoms with Crippen molar-refractivity contribution < 1.29 is 13.2 Å². The average Bonchev–Trinajstić information content (AvgIpc) is 2.47. The molecule has 2 rings (SSSR count). The maximum Gasteiger partial charge on any atom is 0.279 e. The van der Waals surface area contributed by atoms with Crippen LogP contribution in [0.3, 0.4) is 0 Å². The van der Waals surface area contributed by atoms with Crippen molar-refractivity contribution in [2.24, 2.45) is 5.92 Å². The minimum atomic E-state index is -3.25. The number of ether oxygens (including phenoxy) is 1. The highest BCUT2D eigenvalue weighted by Gasteiger charge is 2.28. The Morgan fingerprint density at radius 3 is 2.40 bits per heavy atom. The molecule has 2 saturated heterocycles. The van der Waals surface area contributed by atoms with E-state index in [0.717, 1.165) is 52.1 Å². The van der Waals surface area contributed by atoms with Crippen LogP contribution in [0.4, 0.5) is 0 Å². The molecule has 0 bridgehead atoms. The Morgan fingerprint density at radius 1 is 1.15 bits per heavy atom. The van der Waals surface area contributed by atoms with Gasteiger partial charge >= 0.3 is 0 Å². The summed E-state index contributed by atoms with van der Waals surface area (Å²) in [4.78, 5) is 2.44. The smallest absolute Gasteiger partial charge is 0.279 e. The van der Waals surface area contributed by atoms with Crippen LogP contribution in [0.1, 0.15) is 26.2 Å². The van der Waals surface area contributed by atoms with E-state index in [1.165, 1.54) is 0 Å². The van der Waals surface area contributed by atoms with E-state index in [-0.39, 0.29) is 0 Å². The fourth-order valence-electron chi connectivity index (χ4n) is 2.80. The molecule has 0 aromatic heterocycles. The Balaban J connectivity index is 1.74. The van der Waals surface area contributed by atoms with Gasteiger partial charge in [-0.15, -0.1) is 0 Å². The lowest BCUT2D eigenvalue weighted by Gasteiger charge is -2.35. The Bertz CT molecular complexity index is 374. The first-order valence-electron chi connectivity index (χ1n) is 7.66. The van der Waals surface area contributed by atoms with Gasteiger partial charge in [-0.2, -0.15) is 12.7 Å². The van der Waals surface area contributed by atoms with Crippen molar-refractivity contribution >= 4 is 10.2 Å². The van der Waals surface area contributed by atoms with E-state index in [1.807, 2.05) is 6.92 Å².